The molecule has 0 aliphatic rings. The summed E-state index contributed by atoms with van der Waals surface area (Å²) in [7, 11) is 0. The largest absolute Gasteiger partial charge is 0.350 e. The van der Waals surface area contributed by atoms with Gasteiger partial charge in [-0.15, -0.1) is 11.3 Å². The highest BCUT2D eigenvalue weighted by atomic mass is 79.9. The van der Waals surface area contributed by atoms with Crippen molar-refractivity contribution < 1.29 is 4.79 Å². The van der Waals surface area contributed by atoms with E-state index < -0.39 is 0 Å². The zero-order valence-electron chi connectivity index (χ0n) is 11.1. The molecule has 0 spiro atoms. The number of hydrogen-bond acceptors (Lipinski definition) is 2. The van der Waals surface area contributed by atoms with E-state index in [4.69, 9.17) is 11.6 Å². The van der Waals surface area contributed by atoms with E-state index in [9.17, 15) is 4.79 Å². The zero-order chi connectivity index (χ0) is 13.9. The van der Waals surface area contributed by atoms with Gasteiger partial charge in [0.2, 0.25) is 0 Å². The van der Waals surface area contributed by atoms with Gasteiger partial charge in [-0.25, -0.2) is 0 Å². The van der Waals surface area contributed by atoms with Crippen molar-refractivity contribution in [1.82, 2.24) is 5.32 Å². The second kappa shape index (κ2) is 6.40. The Kier molecular flexibility index (Phi) is 5.68. The molecule has 0 aliphatic heterocycles. The van der Waals surface area contributed by atoms with Gasteiger partial charge >= 0.3 is 0 Å². The van der Waals surface area contributed by atoms with Crippen molar-refractivity contribution in [2.75, 3.05) is 6.54 Å². The van der Waals surface area contributed by atoms with Gasteiger partial charge in [0.25, 0.3) is 5.91 Å². The summed E-state index contributed by atoms with van der Waals surface area (Å²) in [5, 5.41) is 5.39. The predicted molar refractivity (Wildman–Crippen MR) is 83.2 cm³/mol. The van der Waals surface area contributed by atoms with Crippen LogP contribution in [0.25, 0.3) is 0 Å². The Bertz CT molecular complexity index is 425. The van der Waals surface area contributed by atoms with Crippen LogP contribution in [0.3, 0.4) is 0 Å². The Morgan fingerprint density at radius 1 is 1.56 bits per heavy atom. The number of carbonyl (C=O) groups is 1. The molecule has 0 saturated carbocycles. The molecule has 1 aromatic heterocycles. The summed E-state index contributed by atoms with van der Waals surface area (Å²) in [5.74, 6) is -0.0866. The van der Waals surface area contributed by atoms with Crippen LogP contribution in [0, 0.1) is 12.3 Å². The van der Waals surface area contributed by atoms with Crippen molar-refractivity contribution in [3.8, 4) is 0 Å². The van der Waals surface area contributed by atoms with Crippen molar-refractivity contribution in [1.29, 1.82) is 0 Å². The van der Waals surface area contributed by atoms with Crippen molar-refractivity contribution in [2.24, 2.45) is 5.41 Å². The number of thiophene rings is 1. The molecule has 2 nitrogen and oxygen atoms in total. The van der Waals surface area contributed by atoms with E-state index >= 15 is 0 Å². The van der Waals surface area contributed by atoms with Gasteiger partial charge in [-0.3, -0.25) is 4.79 Å². The molecule has 1 N–H and O–H groups in total. The number of rotatable bonds is 4. The fourth-order valence-corrected chi connectivity index (χ4v) is 3.93. The van der Waals surface area contributed by atoms with Crippen LogP contribution in [0.15, 0.2) is 5.38 Å². The van der Waals surface area contributed by atoms with Gasteiger partial charge in [0.1, 0.15) is 4.88 Å². The van der Waals surface area contributed by atoms with Crippen molar-refractivity contribution in [3.63, 3.8) is 0 Å². The van der Waals surface area contributed by atoms with E-state index in [1.54, 1.807) is 0 Å². The number of alkyl halides is 1. The highest BCUT2D eigenvalue weighted by molar-refractivity contribution is 9.09. The summed E-state index contributed by atoms with van der Waals surface area (Å²) in [6.07, 6.45) is 1.00. The molecule has 1 aromatic rings. The normalized spacial score (nSPS) is 13.4. The summed E-state index contributed by atoms with van der Waals surface area (Å²) >= 11 is 11.0. The number of carbonyl (C=O) groups excluding carboxylic acids is 1. The Hall–Kier alpha value is -0.0600. The average Bonchev–Trinajstić information content (AvgIpc) is 2.54. The molecule has 0 aromatic carbocycles. The first kappa shape index (κ1) is 16.0. The van der Waals surface area contributed by atoms with E-state index in [2.05, 4.69) is 42.0 Å². The first-order chi connectivity index (χ1) is 8.20. The second-order valence-corrected chi connectivity index (χ2v) is 8.19. The maximum absolute atomic E-state index is 11.9. The lowest BCUT2D eigenvalue weighted by Crippen LogP contribution is -2.31. The van der Waals surface area contributed by atoms with Crippen LogP contribution >= 0.6 is 38.9 Å². The monoisotopic (exact) mass is 351 g/mol. The Morgan fingerprint density at radius 2 is 2.17 bits per heavy atom. The summed E-state index contributed by atoms with van der Waals surface area (Å²) < 4.78 is 0. The number of amides is 1. The summed E-state index contributed by atoms with van der Waals surface area (Å²) in [6.45, 7) is 9.07. The minimum atomic E-state index is -0.0866. The number of hydrogen-bond donors (Lipinski definition) is 1. The van der Waals surface area contributed by atoms with E-state index in [0.717, 1.165) is 12.0 Å². The van der Waals surface area contributed by atoms with Gasteiger partial charge in [-0.1, -0.05) is 48.3 Å². The molecular weight excluding hydrogens is 334 g/mol. The molecule has 1 unspecified atom stereocenters. The van der Waals surface area contributed by atoms with Gasteiger partial charge < -0.3 is 5.32 Å². The smallest absolute Gasteiger partial charge is 0.262 e. The topological polar surface area (TPSA) is 29.1 Å². The van der Waals surface area contributed by atoms with Crippen LogP contribution < -0.4 is 5.32 Å². The molecule has 0 aliphatic carbocycles. The third-order valence-electron chi connectivity index (χ3n) is 2.42. The van der Waals surface area contributed by atoms with Crippen LogP contribution in [0.4, 0.5) is 0 Å². The van der Waals surface area contributed by atoms with E-state index in [1.807, 2.05) is 12.3 Å². The van der Waals surface area contributed by atoms with Crippen molar-refractivity contribution in [2.45, 2.75) is 38.9 Å². The third-order valence-corrected chi connectivity index (χ3v) is 4.77. The Balaban J connectivity index is 2.49. The Morgan fingerprint density at radius 3 is 2.61 bits per heavy atom. The summed E-state index contributed by atoms with van der Waals surface area (Å²) in [6, 6.07) is 0. The molecule has 1 heterocycles. The molecule has 1 atom stereocenters. The lowest BCUT2D eigenvalue weighted by atomic mass is 9.90. The summed E-state index contributed by atoms with van der Waals surface area (Å²) in [5.41, 5.74) is 1.20. The first-order valence-electron chi connectivity index (χ1n) is 5.86. The SMILES string of the molecule is Cc1csc(C(=O)NCC(Br)CC(C)(C)C)c1Cl. The van der Waals surface area contributed by atoms with Gasteiger partial charge in [-0.05, 0) is 29.7 Å². The van der Waals surface area contributed by atoms with Crippen LogP contribution in [0.1, 0.15) is 42.4 Å². The molecular formula is C13H19BrClNOS. The minimum absolute atomic E-state index is 0.0866. The molecule has 5 heteroatoms. The van der Waals surface area contributed by atoms with E-state index in [0.29, 0.717) is 16.4 Å². The maximum Gasteiger partial charge on any atom is 0.262 e. The van der Waals surface area contributed by atoms with Crippen molar-refractivity contribution in [3.05, 3.63) is 20.8 Å². The third kappa shape index (κ3) is 4.90. The van der Waals surface area contributed by atoms with Crippen LogP contribution in [-0.4, -0.2) is 17.3 Å². The minimum Gasteiger partial charge on any atom is -0.350 e. The maximum atomic E-state index is 11.9. The van der Waals surface area contributed by atoms with Crippen LogP contribution in [0.2, 0.25) is 5.02 Å². The van der Waals surface area contributed by atoms with Gasteiger partial charge in [0.15, 0.2) is 0 Å². The molecule has 0 fully saturated rings. The fraction of sp³-hybridized carbons (Fsp3) is 0.615. The van der Waals surface area contributed by atoms with Gasteiger partial charge in [0, 0.05) is 11.4 Å². The zero-order valence-corrected chi connectivity index (χ0v) is 14.3. The highest BCUT2D eigenvalue weighted by Gasteiger charge is 2.19. The highest BCUT2D eigenvalue weighted by Crippen LogP contribution is 2.27. The van der Waals surface area contributed by atoms with E-state index in [1.165, 1.54) is 11.3 Å². The summed E-state index contributed by atoms with van der Waals surface area (Å²) in [4.78, 5) is 12.8. The number of halogens is 2. The number of aryl methyl sites for hydroxylation is 1. The van der Waals surface area contributed by atoms with Gasteiger partial charge in [0.05, 0.1) is 5.02 Å². The van der Waals surface area contributed by atoms with Crippen LogP contribution in [-0.2, 0) is 0 Å². The molecule has 1 amide bonds. The fourth-order valence-electron chi connectivity index (χ4n) is 1.60. The lowest BCUT2D eigenvalue weighted by Gasteiger charge is -2.22. The van der Waals surface area contributed by atoms with Gasteiger partial charge in [-0.2, -0.15) is 0 Å². The standard InChI is InChI=1S/C13H19BrClNOS/c1-8-7-18-11(10(8)15)12(17)16-6-9(14)5-13(2,3)4/h7,9H,5-6H2,1-4H3,(H,16,17). The quantitative estimate of drug-likeness (QED) is 0.786. The lowest BCUT2D eigenvalue weighted by molar-refractivity contribution is 0.0956. The van der Waals surface area contributed by atoms with Crippen LogP contribution in [0.5, 0.6) is 0 Å². The molecule has 18 heavy (non-hydrogen) atoms. The molecule has 0 radical (unpaired) electrons. The molecule has 0 bridgehead atoms. The molecule has 0 saturated heterocycles. The molecule has 1 rings (SSSR count). The second-order valence-electron chi connectivity index (χ2n) is 5.63. The van der Waals surface area contributed by atoms with Crippen molar-refractivity contribution >= 4 is 44.8 Å². The predicted octanol–water partition coefficient (Wildman–Crippen LogP) is 4.64. The Labute approximate surface area is 126 Å². The van der Waals surface area contributed by atoms with E-state index in [-0.39, 0.29) is 16.1 Å². The molecule has 102 valence electrons. The average molecular weight is 353 g/mol. The first-order valence-corrected chi connectivity index (χ1v) is 8.04. The number of nitrogens with one attached hydrogen (secondary N) is 1.